The molecule has 1 aliphatic rings. The van der Waals surface area contributed by atoms with Crippen molar-refractivity contribution in [2.75, 3.05) is 25.0 Å². The lowest BCUT2D eigenvalue weighted by atomic mass is 9.96. The number of aromatic nitrogens is 1. The average molecular weight is 446 g/mol. The molecule has 0 aliphatic carbocycles. The van der Waals surface area contributed by atoms with Gasteiger partial charge in [-0.05, 0) is 59.5 Å². The summed E-state index contributed by atoms with van der Waals surface area (Å²) in [6.07, 6.45) is 4.34. The summed E-state index contributed by atoms with van der Waals surface area (Å²) >= 11 is 3.32. The average Bonchev–Trinajstić information content (AvgIpc) is 2.73. The minimum Gasteiger partial charge on any atom is -0.494 e. The van der Waals surface area contributed by atoms with E-state index in [4.69, 9.17) is 4.74 Å². The first-order valence-corrected chi connectivity index (χ1v) is 10.3. The molecule has 7 heteroatoms. The number of carbonyl (C=O) groups is 2. The molecule has 2 aromatic rings. The molecule has 2 amide bonds. The van der Waals surface area contributed by atoms with Crippen molar-refractivity contribution in [3.8, 4) is 5.75 Å². The van der Waals surface area contributed by atoms with E-state index in [1.165, 1.54) is 0 Å². The van der Waals surface area contributed by atoms with Gasteiger partial charge in [0.15, 0.2) is 0 Å². The Balaban J connectivity index is 1.42. The van der Waals surface area contributed by atoms with Gasteiger partial charge in [-0.15, -0.1) is 0 Å². The number of nitrogens with one attached hydrogen (secondary N) is 1. The molecular formula is C21H24BrN3O3. The fourth-order valence-electron chi connectivity index (χ4n) is 3.18. The van der Waals surface area contributed by atoms with Crippen molar-refractivity contribution >= 4 is 33.6 Å². The first-order valence-electron chi connectivity index (χ1n) is 9.50. The third-order valence-electron chi connectivity index (χ3n) is 4.67. The monoisotopic (exact) mass is 445 g/mol. The second-order valence-electron chi connectivity index (χ2n) is 6.79. The Kier molecular flexibility index (Phi) is 7.42. The molecule has 0 radical (unpaired) electrons. The maximum Gasteiger partial charge on any atom is 0.230 e. The van der Waals surface area contributed by atoms with Crippen molar-refractivity contribution in [3.63, 3.8) is 0 Å². The summed E-state index contributed by atoms with van der Waals surface area (Å²) in [6, 6.07) is 13.2. The molecule has 1 unspecified atom stereocenters. The molecule has 1 aromatic carbocycles. The summed E-state index contributed by atoms with van der Waals surface area (Å²) in [5.41, 5.74) is 0. The third-order valence-corrected chi connectivity index (χ3v) is 5.14. The number of hydrogen-bond acceptors (Lipinski definition) is 4. The second kappa shape index (κ2) is 10.2. The molecule has 3 rings (SSSR count). The Labute approximate surface area is 173 Å². The third kappa shape index (κ3) is 6.05. The summed E-state index contributed by atoms with van der Waals surface area (Å²) in [7, 11) is 0. The Hall–Kier alpha value is -2.41. The maximum atomic E-state index is 12.5. The lowest BCUT2D eigenvalue weighted by Gasteiger charge is -2.32. The van der Waals surface area contributed by atoms with E-state index < -0.39 is 0 Å². The van der Waals surface area contributed by atoms with Crippen LogP contribution in [-0.2, 0) is 9.59 Å². The van der Waals surface area contributed by atoms with E-state index in [9.17, 15) is 9.59 Å². The minimum absolute atomic E-state index is 0.0796. The highest BCUT2D eigenvalue weighted by atomic mass is 79.9. The number of nitrogens with zero attached hydrogens (tertiary/aromatic N) is 2. The van der Waals surface area contributed by atoms with Crippen LogP contribution in [0.15, 0.2) is 53.1 Å². The van der Waals surface area contributed by atoms with Crippen LogP contribution in [0.3, 0.4) is 0 Å². The Morgan fingerprint density at radius 1 is 1.21 bits per heavy atom. The molecule has 148 valence electrons. The summed E-state index contributed by atoms with van der Waals surface area (Å²) in [4.78, 5) is 31.0. The summed E-state index contributed by atoms with van der Waals surface area (Å²) in [6.45, 7) is 1.67. The summed E-state index contributed by atoms with van der Waals surface area (Å²) in [5.74, 6) is 1.13. The van der Waals surface area contributed by atoms with E-state index in [1.807, 2.05) is 36.4 Å². The van der Waals surface area contributed by atoms with E-state index in [0.717, 1.165) is 23.1 Å². The van der Waals surface area contributed by atoms with E-state index >= 15 is 0 Å². The molecule has 1 aliphatic heterocycles. The van der Waals surface area contributed by atoms with Crippen LogP contribution in [0.2, 0.25) is 0 Å². The van der Waals surface area contributed by atoms with Crippen molar-refractivity contribution in [2.45, 2.75) is 25.7 Å². The molecule has 2 heterocycles. The molecule has 0 bridgehead atoms. The normalized spacial score (nSPS) is 16.5. The van der Waals surface area contributed by atoms with Gasteiger partial charge in [0.1, 0.15) is 11.6 Å². The van der Waals surface area contributed by atoms with Gasteiger partial charge < -0.3 is 15.0 Å². The number of hydrogen-bond donors (Lipinski definition) is 1. The molecule has 28 heavy (non-hydrogen) atoms. The topological polar surface area (TPSA) is 71.5 Å². The van der Waals surface area contributed by atoms with Crippen molar-refractivity contribution < 1.29 is 14.3 Å². The smallest absolute Gasteiger partial charge is 0.230 e. The predicted octanol–water partition coefficient (Wildman–Crippen LogP) is 3.88. The second-order valence-corrected chi connectivity index (χ2v) is 7.71. The molecule has 1 fully saturated rings. The number of anilines is 1. The number of halogens is 1. The number of amides is 2. The molecule has 1 N–H and O–H groups in total. The summed E-state index contributed by atoms with van der Waals surface area (Å²) in [5, 5.41) is 2.84. The van der Waals surface area contributed by atoms with Gasteiger partial charge in [0.05, 0.1) is 12.5 Å². The molecular weight excluding hydrogens is 422 g/mol. The van der Waals surface area contributed by atoms with Gasteiger partial charge in [-0.1, -0.05) is 18.2 Å². The lowest BCUT2D eigenvalue weighted by Crippen LogP contribution is -2.43. The number of rotatable bonds is 7. The van der Waals surface area contributed by atoms with Crippen LogP contribution >= 0.6 is 15.9 Å². The van der Waals surface area contributed by atoms with Crippen LogP contribution in [0.25, 0.3) is 0 Å². The zero-order valence-electron chi connectivity index (χ0n) is 15.6. The highest BCUT2D eigenvalue weighted by molar-refractivity contribution is 9.10. The van der Waals surface area contributed by atoms with Crippen LogP contribution in [0.1, 0.15) is 25.7 Å². The van der Waals surface area contributed by atoms with Crippen molar-refractivity contribution in [2.24, 2.45) is 5.92 Å². The Morgan fingerprint density at radius 3 is 2.79 bits per heavy atom. The fraction of sp³-hybridized carbons (Fsp3) is 0.381. The molecule has 1 aromatic heterocycles. The fourth-order valence-corrected chi connectivity index (χ4v) is 3.42. The minimum atomic E-state index is -0.205. The van der Waals surface area contributed by atoms with E-state index in [2.05, 4.69) is 26.2 Å². The largest absolute Gasteiger partial charge is 0.494 e. The number of para-hydroxylation sites is 1. The van der Waals surface area contributed by atoms with Crippen LogP contribution in [0.4, 0.5) is 5.82 Å². The zero-order chi connectivity index (χ0) is 19.8. The quantitative estimate of drug-likeness (QED) is 0.656. The Bertz CT molecular complexity index is 783. The highest BCUT2D eigenvalue weighted by Crippen LogP contribution is 2.20. The zero-order valence-corrected chi connectivity index (χ0v) is 17.2. The van der Waals surface area contributed by atoms with E-state index in [0.29, 0.717) is 38.4 Å². The number of pyridine rings is 1. The van der Waals surface area contributed by atoms with Gasteiger partial charge in [-0.25, -0.2) is 4.98 Å². The van der Waals surface area contributed by atoms with Crippen molar-refractivity contribution in [1.82, 2.24) is 9.88 Å². The van der Waals surface area contributed by atoms with Crippen LogP contribution < -0.4 is 10.1 Å². The molecule has 6 nitrogen and oxygen atoms in total. The SMILES string of the molecule is O=C(Nc1ccc(Br)cn1)C1CCCN(C(=O)CCCOc2ccccc2)C1. The van der Waals surface area contributed by atoms with Crippen molar-refractivity contribution in [3.05, 3.63) is 53.1 Å². The van der Waals surface area contributed by atoms with Crippen molar-refractivity contribution in [1.29, 1.82) is 0 Å². The molecule has 0 spiro atoms. The molecule has 0 saturated carbocycles. The van der Waals surface area contributed by atoms with E-state index in [1.54, 1.807) is 17.2 Å². The predicted molar refractivity (Wildman–Crippen MR) is 111 cm³/mol. The van der Waals surface area contributed by atoms with Crippen LogP contribution in [0.5, 0.6) is 5.75 Å². The summed E-state index contributed by atoms with van der Waals surface area (Å²) < 4.78 is 6.49. The highest BCUT2D eigenvalue weighted by Gasteiger charge is 2.28. The number of benzene rings is 1. The number of carbonyl (C=O) groups excluding carboxylic acids is 2. The standard InChI is InChI=1S/C21H24BrN3O3/c22-17-10-11-19(23-14-17)24-21(27)16-6-4-12-25(15-16)20(26)9-5-13-28-18-7-2-1-3-8-18/h1-3,7-8,10-11,14,16H,4-6,9,12-13,15H2,(H,23,24,27). The van der Waals surface area contributed by atoms with Gasteiger partial charge in [-0.3, -0.25) is 9.59 Å². The molecule has 1 saturated heterocycles. The van der Waals surface area contributed by atoms with Gasteiger partial charge >= 0.3 is 0 Å². The van der Waals surface area contributed by atoms with Crippen LogP contribution in [0, 0.1) is 5.92 Å². The van der Waals surface area contributed by atoms with Crippen LogP contribution in [-0.4, -0.2) is 41.4 Å². The van der Waals surface area contributed by atoms with Gasteiger partial charge in [-0.2, -0.15) is 0 Å². The van der Waals surface area contributed by atoms with Gasteiger partial charge in [0.25, 0.3) is 0 Å². The lowest BCUT2D eigenvalue weighted by molar-refractivity contribution is -0.134. The van der Waals surface area contributed by atoms with Gasteiger partial charge in [0, 0.05) is 30.2 Å². The van der Waals surface area contributed by atoms with Gasteiger partial charge in [0.2, 0.25) is 11.8 Å². The number of piperidine rings is 1. The number of likely N-dealkylation sites (tertiary alicyclic amines) is 1. The number of ether oxygens (including phenoxy) is 1. The molecule has 1 atom stereocenters. The van der Waals surface area contributed by atoms with E-state index in [-0.39, 0.29) is 17.7 Å². The first kappa shape index (κ1) is 20.3. The maximum absolute atomic E-state index is 12.5. The Morgan fingerprint density at radius 2 is 2.04 bits per heavy atom. The first-order chi connectivity index (χ1) is 13.6.